The Kier molecular flexibility index (Phi) is 5.87. The number of nitrogens with zero attached hydrogens (tertiary/aromatic N) is 1. The first-order chi connectivity index (χ1) is 10.4. The van der Waals surface area contributed by atoms with Gasteiger partial charge in [0.15, 0.2) is 0 Å². The molecule has 0 aliphatic carbocycles. The van der Waals surface area contributed by atoms with Crippen LogP contribution in [0.1, 0.15) is 38.5 Å². The minimum atomic E-state index is -0.420. The lowest BCUT2D eigenvalue weighted by molar-refractivity contribution is 0.0285. The number of aryl methyl sites for hydroxylation is 1. The first-order valence-electron chi connectivity index (χ1n) is 8.06. The van der Waals surface area contributed by atoms with Gasteiger partial charge in [-0.25, -0.2) is 4.79 Å². The first-order valence-corrected chi connectivity index (χ1v) is 8.94. The Morgan fingerprint density at radius 1 is 1.55 bits per heavy atom. The number of hydrogen-bond donors (Lipinski definition) is 1. The SMILES string of the molecule is CNC(CCc1cccs1)C1CCN(C(=O)OC(C)(C)C)C1. The fraction of sp³-hybridized carbons (Fsp3) is 0.706. The fourth-order valence-corrected chi connectivity index (χ4v) is 3.70. The maximum Gasteiger partial charge on any atom is 0.410 e. The highest BCUT2D eigenvalue weighted by atomic mass is 32.1. The van der Waals surface area contributed by atoms with Gasteiger partial charge in [-0.05, 0) is 64.4 Å². The molecule has 1 aliphatic rings. The van der Waals surface area contributed by atoms with E-state index in [0.29, 0.717) is 12.0 Å². The number of likely N-dealkylation sites (tertiary alicyclic amines) is 1. The Morgan fingerprint density at radius 2 is 2.32 bits per heavy atom. The Labute approximate surface area is 137 Å². The summed E-state index contributed by atoms with van der Waals surface area (Å²) in [6.07, 6.45) is 3.09. The van der Waals surface area contributed by atoms with E-state index in [0.717, 1.165) is 32.4 Å². The van der Waals surface area contributed by atoms with E-state index < -0.39 is 5.60 Å². The van der Waals surface area contributed by atoms with Crippen LogP contribution in [0.4, 0.5) is 4.79 Å². The van der Waals surface area contributed by atoms with E-state index in [1.54, 1.807) is 0 Å². The summed E-state index contributed by atoms with van der Waals surface area (Å²) in [5.41, 5.74) is -0.420. The van der Waals surface area contributed by atoms with Crippen molar-refractivity contribution < 1.29 is 9.53 Å². The summed E-state index contributed by atoms with van der Waals surface area (Å²) in [5.74, 6) is 0.512. The van der Waals surface area contributed by atoms with Crippen LogP contribution < -0.4 is 5.32 Å². The van der Waals surface area contributed by atoms with Gasteiger partial charge in [-0.2, -0.15) is 0 Å². The van der Waals surface area contributed by atoms with Gasteiger partial charge in [-0.1, -0.05) is 6.07 Å². The summed E-state index contributed by atoms with van der Waals surface area (Å²) in [6.45, 7) is 7.34. The number of hydrogen-bond acceptors (Lipinski definition) is 4. The van der Waals surface area contributed by atoms with E-state index in [1.807, 2.05) is 44.1 Å². The molecule has 2 unspecified atom stereocenters. The standard InChI is InChI=1S/C17H28N2O2S/c1-17(2,3)21-16(20)19-10-9-13(12-19)15(18-4)8-7-14-6-5-11-22-14/h5-6,11,13,15,18H,7-10,12H2,1-4H3. The van der Waals surface area contributed by atoms with Crippen molar-refractivity contribution in [1.82, 2.24) is 10.2 Å². The monoisotopic (exact) mass is 324 g/mol. The van der Waals surface area contributed by atoms with Crippen LogP contribution in [0.25, 0.3) is 0 Å². The van der Waals surface area contributed by atoms with Crippen LogP contribution in [0.2, 0.25) is 0 Å². The quantitative estimate of drug-likeness (QED) is 0.901. The van der Waals surface area contributed by atoms with Gasteiger partial charge in [0.1, 0.15) is 5.60 Å². The Balaban J connectivity index is 1.83. The molecule has 2 rings (SSSR count). The van der Waals surface area contributed by atoms with Gasteiger partial charge in [0.25, 0.3) is 0 Å². The van der Waals surface area contributed by atoms with E-state index >= 15 is 0 Å². The zero-order valence-corrected chi connectivity index (χ0v) is 14.9. The predicted molar refractivity (Wildman–Crippen MR) is 91.4 cm³/mol. The molecule has 124 valence electrons. The normalized spacial score (nSPS) is 20.2. The molecule has 1 aromatic rings. The largest absolute Gasteiger partial charge is 0.444 e. The second kappa shape index (κ2) is 7.47. The molecule has 0 radical (unpaired) electrons. The number of ether oxygens (including phenoxy) is 1. The second-order valence-corrected chi connectivity index (χ2v) is 8.02. The summed E-state index contributed by atoms with van der Waals surface area (Å²) in [5, 5.41) is 5.57. The topological polar surface area (TPSA) is 41.6 Å². The molecule has 0 aromatic carbocycles. The molecule has 22 heavy (non-hydrogen) atoms. The molecule has 2 heterocycles. The molecule has 1 N–H and O–H groups in total. The molecule has 1 amide bonds. The summed E-state index contributed by atoms with van der Waals surface area (Å²) >= 11 is 1.82. The molecular weight excluding hydrogens is 296 g/mol. The van der Waals surface area contributed by atoms with E-state index in [-0.39, 0.29) is 6.09 Å². The number of nitrogens with one attached hydrogen (secondary N) is 1. The zero-order chi connectivity index (χ0) is 16.2. The van der Waals surface area contributed by atoms with E-state index in [9.17, 15) is 4.79 Å². The zero-order valence-electron chi connectivity index (χ0n) is 14.1. The Morgan fingerprint density at radius 3 is 2.91 bits per heavy atom. The van der Waals surface area contributed by atoms with E-state index in [4.69, 9.17) is 4.74 Å². The lowest BCUT2D eigenvalue weighted by Crippen LogP contribution is -2.39. The minimum absolute atomic E-state index is 0.178. The number of amides is 1. The van der Waals surface area contributed by atoms with Gasteiger partial charge < -0.3 is 15.0 Å². The predicted octanol–water partition coefficient (Wildman–Crippen LogP) is 3.53. The number of carbonyl (C=O) groups is 1. The highest BCUT2D eigenvalue weighted by molar-refractivity contribution is 7.09. The van der Waals surface area contributed by atoms with Crippen molar-refractivity contribution in [1.29, 1.82) is 0 Å². The summed E-state index contributed by atoms with van der Waals surface area (Å²) < 4.78 is 5.47. The molecule has 1 fully saturated rings. The second-order valence-electron chi connectivity index (χ2n) is 6.99. The average Bonchev–Trinajstić information content (AvgIpc) is 3.08. The maximum atomic E-state index is 12.1. The van der Waals surface area contributed by atoms with E-state index in [2.05, 4.69) is 22.8 Å². The molecule has 4 nitrogen and oxygen atoms in total. The summed E-state index contributed by atoms with van der Waals surface area (Å²) in [6, 6.07) is 4.75. The third-order valence-corrected chi connectivity index (χ3v) is 5.03. The van der Waals surface area contributed by atoms with Crippen molar-refractivity contribution in [2.45, 2.75) is 51.7 Å². The van der Waals surface area contributed by atoms with Crippen molar-refractivity contribution in [3.8, 4) is 0 Å². The molecule has 1 saturated heterocycles. The Hall–Kier alpha value is -1.07. The third-order valence-electron chi connectivity index (χ3n) is 4.10. The maximum absolute atomic E-state index is 12.1. The smallest absolute Gasteiger partial charge is 0.410 e. The molecule has 0 spiro atoms. The Bertz CT molecular complexity index is 468. The molecule has 0 saturated carbocycles. The van der Waals surface area contributed by atoms with Gasteiger partial charge in [0.05, 0.1) is 0 Å². The van der Waals surface area contributed by atoms with Crippen molar-refractivity contribution in [2.75, 3.05) is 20.1 Å². The minimum Gasteiger partial charge on any atom is -0.444 e. The average molecular weight is 324 g/mol. The van der Waals surface area contributed by atoms with Gasteiger partial charge in [-0.3, -0.25) is 0 Å². The molecule has 1 aromatic heterocycles. The van der Waals surface area contributed by atoms with Gasteiger partial charge in [-0.15, -0.1) is 11.3 Å². The lowest BCUT2D eigenvalue weighted by atomic mass is 9.94. The van der Waals surface area contributed by atoms with Crippen LogP contribution >= 0.6 is 11.3 Å². The number of carbonyl (C=O) groups excluding carboxylic acids is 1. The van der Waals surface area contributed by atoms with Crippen LogP contribution in [0.3, 0.4) is 0 Å². The number of rotatable bonds is 5. The molecule has 5 heteroatoms. The summed E-state index contributed by atoms with van der Waals surface area (Å²) in [7, 11) is 2.02. The van der Waals surface area contributed by atoms with Crippen molar-refractivity contribution in [3.63, 3.8) is 0 Å². The van der Waals surface area contributed by atoms with Crippen molar-refractivity contribution in [3.05, 3.63) is 22.4 Å². The van der Waals surface area contributed by atoms with Gasteiger partial charge in [0.2, 0.25) is 0 Å². The summed E-state index contributed by atoms with van der Waals surface area (Å²) in [4.78, 5) is 15.4. The van der Waals surface area contributed by atoms with Crippen LogP contribution in [0, 0.1) is 5.92 Å². The highest BCUT2D eigenvalue weighted by Crippen LogP contribution is 2.25. The van der Waals surface area contributed by atoms with Crippen LogP contribution in [0.5, 0.6) is 0 Å². The molecule has 2 atom stereocenters. The lowest BCUT2D eigenvalue weighted by Gasteiger charge is -2.26. The fourth-order valence-electron chi connectivity index (χ4n) is 2.98. The van der Waals surface area contributed by atoms with Gasteiger partial charge >= 0.3 is 6.09 Å². The van der Waals surface area contributed by atoms with Gasteiger partial charge in [0, 0.05) is 24.0 Å². The molecule has 0 bridgehead atoms. The molecule has 1 aliphatic heterocycles. The molecular formula is C17H28N2O2S. The third kappa shape index (κ3) is 4.99. The van der Waals surface area contributed by atoms with Crippen LogP contribution in [0.15, 0.2) is 17.5 Å². The number of thiophene rings is 1. The highest BCUT2D eigenvalue weighted by Gasteiger charge is 2.33. The van der Waals surface area contributed by atoms with E-state index in [1.165, 1.54) is 4.88 Å². The van der Waals surface area contributed by atoms with Crippen LogP contribution in [-0.4, -0.2) is 42.8 Å². The van der Waals surface area contributed by atoms with Crippen molar-refractivity contribution >= 4 is 17.4 Å². The van der Waals surface area contributed by atoms with Crippen molar-refractivity contribution in [2.24, 2.45) is 5.92 Å². The van der Waals surface area contributed by atoms with Crippen LogP contribution in [-0.2, 0) is 11.2 Å². The first kappa shape index (κ1) is 17.3.